The third kappa shape index (κ3) is 13.8. The first-order chi connectivity index (χ1) is 11.9. The summed E-state index contributed by atoms with van der Waals surface area (Å²) in [5.41, 5.74) is 0. The first kappa shape index (κ1) is 21.5. The lowest BCUT2D eigenvalue weighted by Crippen LogP contribution is -2.22. The summed E-state index contributed by atoms with van der Waals surface area (Å²) in [5.74, 6) is 6.55. The fourth-order valence-electron chi connectivity index (χ4n) is 2.96. The van der Waals surface area contributed by atoms with Gasteiger partial charge in [0.15, 0.2) is 6.29 Å². The van der Waals surface area contributed by atoms with Crippen LogP contribution in [-0.4, -0.2) is 31.2 Å². The summed E-state index contributed by atoms with van der Waals surface area (Å²) < 4.78 is 11.2. The van der Waals surface area contributed by atoms with Crippen molar-refractivity contribution in [2.45, 2.75) is 103 Å². The van der Waals surface area contributed by atoms with E-state index < -0.39 is 0 Å². The van der Waals surface area contributed by atoms with Crippen molar-refractivity contribution in [2.24, 2.45) is 0 Å². The minimum atomic E-state index is 0.0430. The van der Waals surface area contributed by atoms with Crippen LogP contribution >= 0.6 is 0 Å². The molecule has 0 radical (unpaired) electrons. The van der Waals surface area contributed by atoms with Gasteiger partial charge in [-0.15, -0.1) is 11.8 Å². The Labute approximate surface area is 149 Å². The SMILES string of the molecule is OCCCCCCCCCCCC#CCCCOC1CCCCO1. The molecule has 1 saturated heterocycles. The molecular formula is C21H38O3. The largest absolute Gasteiger partial charge is 0.396 e. The van der Waals surface area contributed by atoms with E-state index in [0.29, 0.717) is 6.61 Å². The molecule has 1 N–H and O–H groups in total. The molecule has 3 heteroatoms. The minimum Gasteiger partial charge on any atom is -0.396 e. The fraction of sp³-hybridized carbons (Fsp3) is 0.905. The van der Waals surface area contributed by atoms with Crippen molar-refractivity contribution in [2.75, 3.05) is 19.8 Å². The summed E-state index contributed by atoms with van der Waals surface area (Å²) in [4.78, 5) is 0. The Bertz CT molecular complexity index is 313. The second-order valence-electron chi connectivity index (χ2n) is 6.78. The molecule has 0 aromatic rings. The Hall–Kier alpha value is -0.560. The van der Waals surface area contributed by atoms with E-state index in [1.165, 1.54) is 64.2 Å². The van der Waals surface area contributed by atoms with Crippen LogP contribution in [0.25, 0.3) is 0 Å². The van der Waals surface area contributed by atoms with Gasteiger partial charge in [0.1, 0.15) is 0 Å². The van der Waals surface area contributed by atoms with Crippen LogP contribution in [0.15, 0.2) is 0 Å². The molecule has 0 aliphatic carbocycles. The van der Waals surface area contributed by atoms with E-state index in [2.05, 4.69) is 11.8 Å². The van der Waals surface area contributed by atoms with Gasteiger partial charge in [0.2, 0.25) is 0 Å². The summed E-state index contributed by atoms with van der Waals surface area (Å²) in [6.07, 6.45) is 17.9. The normalized spacial score (nSPS) is 17.5. The van der Waals surface area contributed by atoms with Crippen LogP contribution in [-0.2, 0) is 9.47 Å². The Kier molecular flexibility index (Phi) is 15.5. The Morgan fingerprint density at radius 2 is 1.42 bits per heavy atom. The number of hydrogen-bond donors (Lipinski definition) is 1. The average Bonchev–Trinajstić information content (AvgIpc) is 2.62. The van der Waals surface area contributed by atoms with Crippen molar-refractivity contribution >= 4 is 0 Å². The van der Waals surface area contributed by atoms with Gasteiger partial charge in [0.25, 0.3) is 0 Å². The zero-order valence-corrected chi connectivity index (χ0v) is 15.6. The molecule has 24 heavy (non-hydrogen) atoms. The molecule has 0 aromatic carbocycles. The van der Waals surface area contributed by atoms with E-state index in [1.807, 2.05) is 0 Å². The molecule has 1 fully saturated rings. The van der Waals surface area contributed by atoms with Crippen LogP contribution in [0.2, 0.25) is 0 Å². The lowest BCUT2D eigenvalue weighted by Gasteiger charge is -2.22. The number of aliphatic hydroxyl groups excluding tert-OH is 1. The third-order valence-corrected chi connectivity index (χ3v) is 4.47. The molecule has 140 valence electrons. The summed E-state index contributed by atoms with van der Waals surface area (Å²) in [5, 5.41) is 8.70. The second-order valence-corrected chi connectivity index (χ2v) is 6.78. The number of ether oxygens (including phenoxy) is 2. The topological polar surface area (TPSA) is 38.7 Å². The minimum absolute atomic E-state index is 0.0430. The highest BCUT2D eigenvalue weighted by molar-refractivity contribution is 4.98. The van der Waals surface area contributed by atoms with Crippen LogP contribution < -0.4 is 0 Å². The molecule has 1 aliphatic heterocycles. The third-order valence-electron chi connectivity index (χ3n) is 4.47. The molecule has 0 saturated carbocycles. The lowest BCUT2D eigenvalue weighted by molar-refractivity contribution is -0.162. The number of unbranched alkanes of at least 4 members (excludes halogenated alkanes) is 10. The number of hydrogen-bond acceptors (Lipinski definition) is 3. The van der Waals surface area contributed by atoms with Crippen molar-refractivity contribution in [1.82, 2.24) is 0 Å². The van der Waals surface area contributed by atoms with Crippen LogP contribution in [0.1, 0.15) is 96.3 Å². The van der Waals surface area contributed by atoms with E-state index in [9.17, 15) is 0 Å². The molecule has 0 aromatic heterocycles. The van der Waals surface area contributed by atoms with E-state index >= 15 is 0 Å². The maximum Gasteiger partial charge on any atom is 0.157 e. The summed E-state index contributed by atoms with van der Waals surface area (Å²) in [7, 11) is 0. The van der Waals surface area contributed by atoms with Gasteiger partial charge in [0.05, 0.1) is 6.61 Å². The predicted octanol–water partition coefficient (Wildman–Crippen LogP) is 5.21. The molecular weight excluding hydrogens is 300 g/mol. The maximum absolute atomic E-state index is 8.70. The Morgan fingerprint density at radius 3 is 2.04 bits per heavy atom. The number of aliphatic hydroxyl groups is 1. The highest BCUT2D eigenvalue weighted by Gasteiger charge is 2.12. The standard InChI is InChI=1S/C21H38O3/c22-18-14-11-9-7-5-3-1-2-4-6-8-10-12-15-19-23-21-17-13-16-20-24-21/h21-22H,1-7,9,11-20H2. The van der Waals surface area contributed by atoms with Gasteiger partial charge in [-0.3, -0.25) is 0 Å². The monoisotopic (exact) mass is 338 g/mol. The fourth-order valence-corrected chi connectivity index (χ4v) is 2.96. The molecule has 1 rings (SSSR count). The van der Waals surface area contributed by atoms with Crippen LogP contribution in [0.3, 0.4) is 0 Å². The van der Waals surface area contributed by atoms with Crippen molar-refractivity contribution in [1.29, 1.82) is 0 Å². The Balaban J connectivity index is 1.74. The molecule has 0 spiro atoms. The maximum atomic E-state index is 8.70. The predicted molar refractivity (Wildman–Crippen MR) is 99.8 cm³/mol. The van der Waals surface area contributed by atoms with Crippen molar-refractivity contribution in [3.05, 3.63) is 0 Å². The van der Waals surface area contributed by atoms with Gasteiger partial charge in [0, 0.05) is 26.1 Å². The zero-order chi connectivity index (χ0) is 17.1. The molecule has 3 nitrogen and oxygen atoms in total. The highest BCUT2D eigenvalue weighted by atomic mass is 16.7. The molecule has 1 heterocycles. The van der Waals surface area contributed by atoms with Gasteiger partial charge < -0.3 is 14.6 Å². The van der Waals surface area contributed by atoms with Crippen LogP contribution in [0, 0.1) is 11.8 Å². The van der Waals surface area contributed by atoms with Crippen molar-refractivity contribution < 1.29 is 14.6 Å². The van der Waals surface area contributed by atoms with E-state index in [0.717, 1.165) is 45.3 Å². The van der Waals surface area contributed by atoms with Gasteiger partial charge in [-0.1, -0.05) is 44.9 Å². The van der Waals surface area contributed by atoms with Gasteiger partial charge in [-0.2, -0.15) is 0 Å². The molecule has 1 aliphatic rings. The zero-order valence-electron chi connectivity index (χ0n) is 15.6. The van der Waals surface area contributed by atoms with Gasteiger partial charge in [-0.05, 0) is 38.5 Å². The van der Waals surface area contributed by atoms with Gasteiger partial charge in [-0.25, -0.2) is 0 Å². The Morgan fingerprint density at radius 1 is 0.792 bits per heavy atom. The quantitative estimate of drug-likeness (QED) is 0.349. The molecule has 0 bridgehead atoms. The lowest BCUT2D eigenvalue weighted by atomic mass is 10.1. The van der Waals surface area contributed by atoms with Crippen molar-refractivity contribution in [3.63, 3.8) is 0 Å². The smallest absolute Gasteiger partial charge is 0.157 e. The first-order valence-corrected chi connectivity index (χ1v) is 10.2. The van der Waals surface area contributed by atoms with Gasteiger partial charge >= 0.3 is 0 Å². The van der Waals surface area contributed by atoms with E-state index in [1.54, 1.807) is 0 Å². The molecule has 1 atom stereocenters. The molecule has 1 unspecified atom stereocenters. The first-order valence-electron chi connectivity index (χ1n) is 10.2. The molecule has 0 amide bonds. The van der Waals surface area contributed by atoms with E-state index in [-0.39, 0.29) is 6.29 Å². The second kappa shape index (κ2) is 17.3. The summed E-state index contributed by atoms with van der Waals surface area (Å²) >= 11 is 0. The van der Waals surface area contributed by atoms with Crippen LogP contribution in [0.5, 0.6) is 0 Å². The van der Waals surface area contributed by atoms with E-state index in [4.69, 9.17) is 14.6 Å². The average molecular weight is 339 g/mol. The highest BCUT2D eigenvalue weighted by Crippen LogP contribution is 2.14. The number of rotatable bonds is 14. The van der Waals surface area contributed by atoms with Crippen LogP contribution in [0.4, 0.5) is 0 Å². The summed E-state index contributed by atoms with van der Waals surface area (Å²) in [6, 6.07) is 0. The summed E-state index contributed by atoms with van der Waals surface area (Å²) in [6.45, 7) is 1.98. The van der Waals surface area contributed by atoms with Crippen molar-refractivity contribution in [3.8, 4) is 11.8 Å².